The van der Waals surface area contributed by atoms with Crippen LogP contribution in [0.2, 0.25) is 25.1 Å². The third kappa shape index (κ3) is 11.7. The van der Waals surface area contributed by atoms with Crippen molar-refractivity contribution < 1.29 is 28.8 Å². The summed E-state index contributed by atoms with van der Waals surface area (Å²) in [6.07, 6.45) is 0. The Balaban J connectivity index is 1.28. The monoisotopic (exact) mass is 934 g/mol. The van der Waals surface area contributed by atoms with Crippen LogP contribution in [0.4, 0.5) is 34.1 Å². The van der Waals surface area contributed by atoms with Crippen molar-refractivity contribution in [2.24, 2.45) is 20.5 Å². The number of hydrogen-bond donors (Lipinski definition) is 4. The Morgan fingerprint density at radius 1 is 0.484 bits per heavy atom. The quantitative estimate of drug-likeness (QED) is 0.0622. The van der Waals surface area contributed by atoms with Crippen molar-refractivity contribution in [3.63, 3.8) is 0 Å². The number of hydrogen-bond acceptors (Lipinski definition) is 10. The highest BCUT2D eigenvalue weighted by Crippen LogP contribution is 2.33. The normalized spacial score (nSPS) is 12.2. The number of rotatable bonds is 14. The van der Waals surface area contributed by atoms with Gasteiger partial charge in [0.2, 0.25) is 0 Å². The first kappa shape index (κ1) is 47.0. The van der Waals surface area contributed by atoms with Gasteiger partial charge in [0, 0.05) is 38.2 Å². The lowest BCUT2D eigenvalue weighted by atomic mass is 10.1. The van der Waals surface area contributed by atoms with Crippen LogP contribution in [0.5, 0.6) is 0 Å². The SMILES string of the molecule is CC(=O)C(Nc1cc(Cl)c(NC(C(C)=O)C(=O)N=Nc2cc(C(=O)Nc3cccc(Cl)c3C)ccc2Cl)cc1C)C(=O)N=Nc1cc(C(=O)Nc2cccc(Cl)c2C)ccc1Cl. The predicted octanol–water partition coefficient (Wildman–Crippen LogP) is 11.7. The van der Waals surface area contributed by atoms with E-state index in [1.165, 1.54) is 55.5 Å². The molecule has 0 bridgehead atoms. The number of ketones is 2. The fourth-order valence-electron chi connectivity index (χ4n) is 5.59. The number of carbonyl (C=O) groups excluding carboxylic acids is 6. The van der Waals surface area contributed by atoms with Gasteiger partial charge in [0.1, 0.15) is 11.4 Å². The molecule has 0 saturated heterocycles. The Bertz CT molecular complexity index is 2530. The van der Waals surface area contributed by atoms with Gasteiger partial charge in [-0.15, -0.1) is 20.5 Å². The first-order valence-corrected chi connectivity index (χ1v) is 20.2. The fraction of sp³-hybridized carbons (Fsp3) is 0.163. The first-order valence-electron chi connectivity index (χ1n) is 18.3. The minimum atomic E-state index is -1.55. The van der Waals surface area contributed by atoms with Crippen molar-refractivity contribution in [3.05, 3.63) is 138 Å². The average Bonchev–Trinajstić information content (AvgIpc) is 3.22. The van der Waals surface area contributed by atoms with E-state index in [-0.39, 0.29) is 48.9 Å². The molecule has 5 aromatic rings. The molecule has 19 heteroatoms. The summed E-state index contributed by atoms with van der Waals surface area (Å²) in [6.45, 7) is 7.46. The van der Waals surface area contributed by atoms with Crippen LogP contribution in [-0.4, -0.2) is 47.3 Å². The van der Waals surface area contributed by atoms with E-state index < -0.39 is 47.3 Å². The van der Waals surface area contributed by atoms with Gasteiger partial charge in [0.05, 0.1) is 20.8 Å². The zero-order valence-electron chi connectivity index (χ0n) is 33.4. The molecule has 4 N–H and O–H groups in total. The molecule has 0 radical (unpaired) electrons. The Morgan fingerprint density at radius 3 is 1.32 bits per heavy atom. The summed E-state index contributed by atoms with van der Waals surface area (Å²) >= 11 is 31.5. The second-order valence-electron chi connectivity index (χ2n) is 13.7. The molecular formula is C43H35Cl5N8O6. The van der Waals surface area contributed by atoms with Crippen LogP contribution in [0, 0.1) is 20.8 Å². The van der Waals surface area contributed by atoms with Crippen LogP contribution in [-0.2, 0) is 19.2 Å². The molecule has 0 spiro atoms. The summed E-state index contributed by atoms with van der Waals surface area (Å²) in [5.74, 6) is -4.21. The van der Waals surface area contributed by atoms with E-state index in [0.717, 1.165) is 6.92 Å². The maximum Gasteiger partial charge on any atom is 0.294 e. The van der Waals surface area contributed by atoms with Gasteiger partial charge in [-0.3, -0.25) is 28.8 Å². The molecule has 2 unspecified atom stereocenters. The zero-order chi connectivity index (χ0) is 45.4. The van der Waals surface area contributed by atoms with E-state index >= 15 is 0 Å². The summed E-state index contributed by atoms with van der Waals surface area (Å²) in [7, 11) is 0. The molecule has 5 rings (SSSR count). The second-order valence-corrected chi connectivity index (χ2v) is 15.7. The number of anilines is 4. The molecule has 4 amide bonds. The molecule has 0 aromatic heterocycles. The largest absolute Gasteiger partial charge is 0.367 e. The molecule has 0 aliphatic heterocycles. The molecular weight excluding hydrogens is 902 g/mol. The van der Waals surface area contributed by atoms with Crippen LogP contribution in [0.1, 0.15) is 51.3 Å². The van der Waals surface area contributed by atoms with Crippen LogP contribution in [0.25, 0.3) is 0 Å². The van der Waals surface area contributed by atoms with E-state index in [0.29, 0.717) is 38.1 Å². The molecule has 0 aliphatic rings. The summed E-state index contributed by atoms with van der Waals surface area (Å²) < 4.78 is 0. The van der Waals surface area contributed by atoms with E-state index in [2.05, 4.69) is 41.7 Å². The molecule has 0 heterocycles. The summed E-state index contributed by atoms with van der Waals surface area (Å²) in [5.41, 5.74) is 3.45. The second kappa shape index (κ2) is 20.7. The van der Waals surface area contributed by atoms with Gasteiger partial charge in [-0.05, 0) is 124 Å². The van der Waals surface area contributed by atoms with Gasteiger partial charge in [-0.1, -0.05) is 70.1 Å². The summed E-state index contributed by atoms with van der Waals surface area (Å²) in [4.78, 5) is 77.8. The van der Waals surface area contributed by atoms with Crippen molar-refractivity contribution in [2.45, 2.75) is 46.7 Å². The van der Waals surface area contributed by atoms with Crippen LogP contribution in [0.3, 0.4) is 0 Å². The Morgan fingerprint density at radius 2 is 0.903 bits per heavy atom. The maximum absolute atomic E-state index is 13.2. The van der Waals surface area contributed by atoms with Crippen molar-refractivity contribution in [1.29, 1.82) is 0 Å². The highest BCUT2D eigenvalue weighted by atomic mass is 35.5. The minimum Gasteiger partial charge on any atom is -0.367 e. The fourth-order valence-corrected chi connectivity index (χ4v) is 6.47. The molecule has 0 saturated carbocycles. The highest BCUT2D eigenvalue weighted by molar-refractivity contribution is 6.35. The number of amides is 4. The lowest BCUT2D eigenvalue weighted by molar-refractivity contribution is -0.128. The maximum atomic E-state index is 13.2. The Hall–Kier alpha value is -6.03. The zero-order valence-corrected chi connectivity index (χ0v) is 37.1. The third-order valence-corrected chi connectivity index (χ3v) is 11.0. The molecule has 0 fully saturated rings. The van der Waals surface area contributed by atoms with Gasteiger partial charge in [-0.25, -0.2) is 0 Å². The number of nitrogens with one attached hydrogen (secondary N) is 4. The van der Waals surface area contributed by atoms with Gasteiger partial charge in [-0.2, -0.15) is 0 Å². The van der Waals surface area contributed by atoms with E-state index in [1.807, 2.05) is 0 Å². The summed E-state index contributed by atoms with van der Waals surface area (Å²) in [5, 5.41) is 27.5. The number of nitrogens with zero attached hydrogens (tertiary/aromatic N) is 4. The number of benzene rings is 5. The lowest BCUT2D eigenvalue weighted by Gasteiger charge is -2.19. The van der Waals surface area contributed by atoms with E-state index in [4.69, 9.17) is 58.0 Å². The topological polar surface area (TPSA) is 200 Å². The molecule has 62 heavy (non-hydrogen) atoms. The third-order valence-electron chi connectivity index (χ3n) is 9.18. The lowest BCUT2D eigenvalue weighted by Crippen LogP contribution is -2.36. The standard InChI is InChI=1S/C43H35Cl5N8O6/c1-20-16-35(50-39(24(5)58)43(62)56-54-37-18-26(13-15-30(37)47)41(60)52-33-11-7-9-28(45)22(33)3)31(48)19-34(20)49-38(23(4)57)42(61)55-53-36-17-25(12-14-29(36)46)40(59)51-32-10-6-8-27(44)21(32)2/h6-19,38-39,49-50H,1-5H3,(H,51,59)(H,52,60). The molecule has 2 atom stereocenters. The highest BCUT2D eigenvalue weighted by Gasteiger charge is 2.27. The van der Waals surface area contributed by atoms with Crippen molar-refractivity contribution in [2.75, 3.05) is 21.3 Å². The average molecular weight is 937 g/mol. The van der Waals surface area contributed by atoms with Gasteiger partial charge < -0.3 is 21.3 Å². The first-order chi connectivity index (χ1) is 29.3. The number of halogens is 5. The van der Waals surface area contributed by atoms with E-state index in [9.17, 15) is 28.8 Å². The minimum absolute atomic E-state index is 0.00277. The number of azo groups is 2. The molecule has 0 aliphatic carbocycles. The van der Waals surface area contributed by atoms with Crippen LogP contribution < -0.4 is 21.3 Å². The van der Waals surface area contributed by atoms with Crippen molar-refractivity contribution in [3.8, 4) is 0 Å². The number of aryl methyl sites for hydroxylation is 1. The number of carbonyl (C=O) groups is 6. The summed E-state index contributed by atoms with van der Waals surface area (Å²) in [6, 6.07) is 18.4. The predicted molar refractivity (Wildman–Crippen MR) is 243 cm³/mol. The molecule has 5 aromatic carbocycles. The van der Waals surface area contributed by atoms with Gasteiger partial charge in [0.25, 0.3) is 23.6 Å². The number of Topliss-reactive ketones (excluding diaryl/α,β-unsaturated/α-hetero) is 2. The molecule has 318 valence electrons. The van der Waals surface area contributed by atoms with Crippen LogP contribution >= 0.6 is 58.0 Å². The van der Waals surface area contributed by atoms with Crippen LogP contribution in [0.15, 0.2) is 105 Å². The smallest absolute Gasteiger partial charge is 0.294 e. The van der Waals surface area contributed by atoms with Gasteiger partial charge >= 0.3 is 0 Å². The Kier molecular flexibility index (Phi) is 15.7. The Labute approximate surface area is 380 Å². The van der Waals surface area contributed by atoms with E-state index in [1.54, 1.807) is 57.2 Å². The van der Waals surface area contributed by atoms with Crippen molar-refractivity contribution >= 4 is 127 Å². The van der Waals surface area contributed by atoms with Crippen molar-refractivity contribution in [1.82, 2.24) is 0 Å². The van der Waals surface area contributed by atoms with Gasteiger partial charge in [0.15, 0.2) is 23.7 Å². The molecule has 14 nitrogen and oxygen atoms in total.